The van der Waals surface area contributed by atoms with Gasteiger partial charge < -0.3 is 44.1 Å². The molecule has 0 atom stereocenters. The van der Waals surface area contributed by atoms with Gasteiger partial charge in [0.25, 0.3) is 0 Å². The van der Waals surface area contributed by atoms with Gasteiger partial charge >= 0.3 is 26.2 Å². The van der Waals surface area contributed by atoms with E-state index in [0.717, 1.165) is 12.8 Å². The van der Waals surface area contributed by atoms with Gasteiger partial charge in [-0.15, -0.1) is 5.92 Å². The zero-order valence-electron chi connectivity index (χ0n) is 12.5. The molecule has 0 aliphatic heterocycles. The van der Waals surface area contributed by atoms with Crippen molar-refractivity contribution in [1.29, 1.82) is 0 Å². The second kappa shape index (κ2) is 10.4. The van der Waals surface area contributed by atoms with Crippen LogP contribution in [-0.2, 0) is 26.2 Å². The van der Waals surface area contributed by atoms with Crippen molar-refractivity contribution in [3.63, 3.8) is 0 Å². The third-order valence-electron chi connectivity index (χ3n) is 4.24. The first-order valence-electron chi connectivity index (χ1n) is 6.09. The topological polar surface area (TPSA) is 0 Å². The molecule has 0 bridgehead atoms. The molecule has 0 aromatic heterocycles. The molecule has 0 radical (unpaired) electrons. The van der Waals surface area contributed by atoms with Gasteiger partial charge in [0.1, 0.15) is 0 Å². The van der Waals surface area contributed by atoms with Gasteiger partial charge in [0.05, 0.1) is 0 Å². The summed E-state index contributed by atoms with van der Waals surface area (Å²) in [7, 11) is 0. The van der Waals surface area contributed by atoms with Gasteiger partial charge in [-0.1, -0.05) is 45.6 Å². The Morgan fingerprint density at radius 1 is 0.800 bits per heavy atom. The van der Waals surface area contributed by atoms with Gasteiger partial charge in [-0.25, -0.2) is 0 Å². The Morgan fingerprint density at radius 2 is 1.10 bits per heavy atom. The number of hydrogen-bond donors (Lipinski definition) is 0. The van der Waals surface area contributed by atoms with Crippen molar-refractivity contribution in [2.75, 3.05) is 0 Å². The van der Waals surface area contributed by atoms with E-state index in [4.69, 9.17) is 0 Å². The van der Waals surface area contributed by atoms with Crippen molar-refractivity contribution >= 4 is 0 Å². The molecule has 0 heterocycles. The second-order valence-electron chi connectivity index (χ2n) is 5.04. The van der Waals surface area contributed by atoms with Crippen LogP contribution in [-0.4, -0.2) is 0 Å². The normalized spacial score (nSPS) is 16.9. The molecule has 4 heteroatoms. The second-order valence-corrected chi connectivity index (χ2v) is 5.04. The first-order chi connectivity index (χ1) is 7.52. The molecular weight excluding hydrogens is 390 g/mol. The Labute approximate surface area is 161 Å². The molecule has 0 saturated heterocycles. The van der Waals surface area contributed by atoms with Crippen LogP contribution in [0, 0.1) is 12.8 Å². The summed E-state index contributed by atoms with van der Waals surface area (Å²) >= 11 is 0. The molecule has 0 N–H and O–H groups in total. The van der Waals surface area contributed by atoms with Gasteiger partial charge in [-0.3, -0.25) is 0 Å². The fourth-order valence-electron chi connectivity index (χ4n) is 2.66. The van der Waals surface area contributed by atoms with Crippen molar-refractivity contribution in [1.82, 2.24) is 0 Å². The fraction of sp³-hybridized carbons (Fsp3) is 0.438. The maximum atomic E-state index is 4.39. The third-order valence-corrected chi connectivity index (χ3v) is 4.24. The Hall–Kier alpha value is 0.713. The quantitative estimate of drug-likeness (QED) is 0.405. The number of hydrogen-bond acceptors (Lipinski definition) is 0. The third kappa shape index (κ3) is 4.87. The molecule has 110 valence electrons. The summed E-state index contributed by atoms with van der Waals surface area (Å²) in [4.78, 5) is 0. The minimum atomic E-state index is 0. The summed E-state index contributed by atoms with van der Waals surface area (Å²) in [5.41, 5.74) is 8.84. The summed E-state index contributed by atoms with van der Waals surface area (Å²) in [6.07, 6.45) is 6.85. The molecule has 0 saturated carbocycles. The fourth-order valence-corrected chi connectivity index (χ4v) is 2.66. The summed E-state index contributed by atoms with van der Waals surface area (Å²) in [5, 5.41) is 0. The summed E-state index contributed by atoms with van der Waals surface area (Å²) in [6, 6.07) is 0. The first-order valence-corrected chi connectivity index (χ1v) is 6.09. The summed E-state index contributed by atoms with van der Waals surface area (Å²) in [6.45, 7) is 13.3. The molecule has 20 heavy (non-hydrogen) atoms. The minimum Gasteiger partial charge on any atom is -1.00 e. The van der Waals surface area contributed by atoms with Gasteiger partial charge in [-0.05, 0) is 40.5 Å². The Bertz CT molecular complexity index is 414. The molecular formula is C16H21Cl3Zr. The average Bonchev–Trinajstić information content (AvgIpc) is 2.74. The van der Waals surface area contributed by atoms with Crippen molar-refractivity contribution in [2.24, 2.45) is 5.92 Å². The van der Waals surface area contributed by atoms with Crippen LogP contribution >= 0.6 is 0 Å². The minimum absolute atomic E-state index is 0. The number of allylic oxidation sites excluding steroid dienone is 8. The monoisotopic (exact) mass is 408 g/mol. The van der Waals surface area contributed by atoms with Gasteiger partial charge in [-0.2, -0.15) is 0 Å². The Morgan fingerprint density at radius 3 is 1.30 bits per heavy atom. The molecule has 0 spiro atoms. The van der Waals surface area contributed by atoms with E-state index < -0.39 is 0 Å². The van der Waals surface area contributed by atoms with E-state index in [1.807, 2.05) is 0 Å². The zero-order valence-corrected chi connectivity index (χ0v) is 17.2. The SMILES string of the molecule is [CH2-]C(C1=C(C)C(C)=CC1)C1=C(C)C(C)=CC1.[Cl-].[Cl-].[Cl-].[Zr+4]. The van der Waals surface area contributed by atoms with Crippen LogP contribution in [0.5, 0.6) is 0 Å². The number of halogens is 3. The maximum Gasteiger partial charge on any atom is 4.00 e. The van der Waals surface area contributed by atoms with Crippen LogP contribution in [0.1, 0.15) is 40.5 Å². The molecule has 0 unspecified atom stereocenters. The van der Waals surface area contributed by atoms with Gasteiger partial charge in [0.15, 0.2) is 0 Å². The van der Waals surface area contributed by atoms with Gasteiger partial charge in [0, 0.05) is 0 Å². The zero-order chi connectivity index (χ0) is 11.9. The van der Waals surface area contributed by atoms with E-state index in [1.54, 1.807) is 0 Å². The van der Waals surface area contributed by atoms with Crippen LogP contribution in [0.2, 0.25) is 0 Å². The van der Waals surface area contributed by atoms with E-state index in [0.29, 0.717) is 5.92 Å². The maximum absolute atomic E-state index is 4.39. The van der Waals surface area contributed by atoms with Gasteiger partial charge in [0.2, 0.25) is 0 Å². The molecule has 0 aromatic rings. The molecule has 0 amide bonds. The van der Waals surface area contributed by atoms with Crippen molar-refractivity contribution in [2.45, 2.75) is 40.5 Å². The van der Waals surface area contributed by atoms with Crippen molar-refractivity contribution in [3.05, 3.63) is 52.5 Å². The molecule has 0 aromatic carbocycles. The summed E-state index contributed by atoms with van der Waals surface area (Å²) < 4.78 is 0. The summed E-state index contributed by atoms with van der Waals surface area (Å²) in [5.74, 6) is 0.377. The van der Waals surface area contributed by atoms with E-state index in [2.05, 4.69) is 46.8 Å². The van der Waals surface area contributed by atoms with Crippen molar-refractivity contribution < 1.29 is 63.4 Å². The number of rotatable bonds is 2. The van der Waals surface area contributed by atoms with Crippen LogP contribution in [0.4, 0.5) is 0 Å². The Balaban J connectivity index is -0.000000722. The average molecular weight is 411 g/mol. The molecule has 2 rings (SSSR count). The van der Waals surface area contributed by atoms with Crippen molar-refractivity contribution in [3.8, 4) is 0 Å². The Kier molecular flexibility index (Phi) is 13.4. The molecule has 0 nitrogen and oxygen atoms in total. The predicted molar refractivity (Wildman–Crippen MR) is 71.0 cm³/mol. The van der Waals surface area contributed by atoms with Crippen LogP contribution in [0.25, 0.3) is 0 Å². The smallest absolute Gasteiger partial charge is 1.00 e. The van der Waals surface area contributed by atoms with E-state index in [1.165, 1.54) is 33.4 Å². The predicted octanol–water partition coefficient (Wildman–Crippen LogP) is -4.22. The van der Waals surface area contributed by atoms with Crippen LogP contribution in [0.15, 0.2) is 45.6 Å². The van der Waals surface area contributed by atoms with E-state index in [-0.39, 0.29) is 63.4 Å². The van der Waals surface area contributed by atoms with E-state index in [9.17, 15) is 0 Å². The van der Waals surface area contributed by atoms with Crippen LogP contribution < -0.4 is 37.2 Å². The first kappa shape index (κ1) is 25.7. The molecule has 2 aliphatic rings. The molecule has 2 aliphatic carbocycles. The molecule has 0 fully saturated rings. The largest absolute Gasteiger partial charge is 4.00 e. The standard InChI is InChI=1S/C16H21.3ClH.Zr/c1-10-6-8-15(12(10)3)14(5)16-9-7-11(2)13(16)4;;;;/h6-7,14H,5,8-9H2,1-4H3;3*1H;/q-1;;;;+4/p-3. The van der Waals surface area contributed by atoms with Crippen LogP contribution in [0.3, 0.4) is 0 Å². The van der Waals surface area contributed by atoms with E-state index >= 15 is 0 Å².